The van der Waals surface area contributed by atoms with Gasteiger partial charge in [-0.05, 0) is 23.6 Å². The number of hydrogen-bond donors (Lipinski definition) is 2. The van der Waals surface area contributed by atoms with Crippen LogP contribution in [-0.2, 0) is 0 Å². The van der Waals surface area contributed by atoms with Gasteiger partial charge in [0.05, 0.1) is 12.0 Å². The van der Waals surface area contributed by atoms with E-state index in [-0.39, 0.29) is 5.88 Å². The Balaban J connectivity index is 2.17. The molecule has 0 aliphatic carbocycles. The lowest BCUT2D eigenvalue weighted by molar-refractivity contribution is 0.211. The highest BCUT2D eigenvalue weighted by molar-refractivity contribution is 6.30. The van der Waals surface area contributed by atoms with E-state index in [4.69, 9.17) is 23.2 Å². The third-order valence-corrected chi connectivity index (χ3v) is 2.97. The highest BCUT2D eigenvalue weighted by Crippen LogP contribution is 2.20. The Bertz CT molecular complexity index is 519. The molecule has 0 spiro atoms. The van der Waals surface area contributed by atoms with Gasteiger partial charge in [-0.15, -0.1) is 11.6 Å². The van der Waals surface area contributed by atoms with Crippen LogP contribution in [0.1, 0.15) is 0 Å². The van der Waals surface area contributed by atoms with Crippen molar-refractivity contribution < 1.29 is 5.11 Å². The van der Waals surface area contributed by atoms with E-state index < -0.39 is 6.10 Å². The zero-order chi connectivity index (χ0) is 12.3. The quantitative estimate of drug-likeness (QED) is 0.664. The number of nitrogens with zero attached hydrogens (tertiary/aromatic N) is 1. The summed E-state index contributed by atoms with van der Waals surface area (Å²) in [6.07, 6.45) is 1.18. The van der Waals surface area contributed by atoms with E-state index >= 15 is 0 Å². The van der Waals surface area contributed by atoms with Crippen molar-refractivity contribution in [2.45, 2.75) is 6.10 Å². The van der Waals surface area contributed by atoms with Crippen molar-refractivity contribution in [3.05, 3.63) is 35.6 Å². The largest absolute Gasteiger partial charge is 0.390 e. The van der Waals surface area contributed by atoms with Crippen LogP contribution in [0, 0.1) is 0 Å². The molecule has 0 fully saturated rings. The summed E-state index contributed by atoms with van der Waals surface area (Å²) in [7, 11) is 0. The van der Waals surface area contributed by atoms with Crippen molar-refractivity contribution in [1.82, 2.24) is 4.98 Å². The van der Waals surface area contributed by atoms with Gasteiger partial charge in [0.2, 0.25) is 0 Å². The van der Waals surface area contributed by atoms with E-state index in [1.807, 2.05) is 24.3 Å². The van der Waals surface area contributed by atoms with E-state index in [0.29, 0.717) is 11.7 Å². The zero-order valence-electron chi connectivity index (χ0n) is 9.03. The molecule has 0 aliphatic heterocycles. The molecule has 2 aromatic rings. The molecule has 2 rings (SSSR count). The zero-order valence-corrected chi connectivity index (χ0v) is 10.5. The Labute approximate surface area is 109 Å². The smallest absolute Gasteiger partial charge is 0.129 e. The second-order valence-electron chi connectivity index (χ2n) is 3.76. The molecule has 2 N–H and O–H groups in total. The third-order valence-electron chi connectivity index (χ3n) is 2.41. The molecular weight excluding hydrogens is 259 g/mol. The van der Waals surface area contributed by atoms with E-state index in [1.165, 1.54) is 0 Å². The van der Waals surface area contributed by atoms with Crippen LogP contribution in [0.2, 0.25) is 5.15 Å². The number of aliphatic hydroxyl groups excluding tert-OH is 1. The summed E-state index contributed by atoms with van der Waals surface area (Å²) in [6, 6.07) is 7.66. The number of halogens is 2. The Hall–Kier alpha value is -1.03. The topological polar surface area (TPSA) is 45.1 Å². The molecule has 1 aromatic heterocycles. The van der Waals surface area contributed by atoms with E-state index in [1.54, 1.807) is 6.20 Å². The summed E-state index contributed by atoms with van der Waals surface area (Å²) in [4.78, 5) is 4.03. The molecule has 0 saturated heterocycles. The van der Waals surface area contributed by atoms with Gasteiger partial charge in [0.1, 0.15) is 5.15 Å². The molecule has 1 aromatic carbocycles. The van der Waals surface area contributed by atoms with Crippen LogP contribution in [0.4, 0.5) is 5.69 Å². The van der Waals surface area contributed by atoms with Crippen molar-refractivity contribution in [2.24, 2.45) is 0 Å². The fourth-order valence-corrected chi connectivity index (χ4v) is 1.79. The molecule has 1 unspecified atom stereocenters. The van der Waals surface area contributed by atoms with Crippen molar-refractivity contribution in [2.75, 3.05) is 17.7 Å². The van der Waals surface area contributed by atoms with Gasteiger partial charge in [-0.3, -0.25) is 0 Å². The molecule has 90 valence electrons. The molecule has 5 heteroatoms. The summed E-state index contributed by atoms with van der Waals surface area (Å²) >= 11 is 11.3. The molecule has 1 heterocycles. The lowest BCUT2D eigenvalue weighted by atomic mass is 10.1. The van der Waals surface area contributed by atoms with Crippen LogP contribution < -0.4 is 5.32 Å². The van der Waals surface area contributed by atoms with Crippen LogP contribution in [0.15, 0.2) is 30.5 Å². The predicted molar refractivity (Wildman–Crippen MR) is 72.0 cm³/mol. The lowest BCUT2D eigenvalue weighted by Gasteiger charge is -2.10. The minimum Gasteiger partial charge on any atom is -0.390 e. The van der Waals surface area contributed by atoms with Gasteiger partial charge in [-0.1, -0.05) is 17.7 Å². The number of pyridine rings is 1. The Morgan fingerprint density at radius 3 is 2.88 bits per heavy atom. The number of alkyl halides is 1. The van der Waals surface area contributed by atoms with Gasteiger partial charge in [-0.2, -0.15) is 0 Å². The molecule has 0 bridgehead atoms. The summed E-state index contributed by atoms with van der Waals surface area (Å²) < 4.78 is 0. The first-order chi connectivity index (χ1) is 8.19. The number of fused-ring (bicyclic) bond motifs is 1. The Kier molecular flexibility index (Phi) is 4.05. The maximum Gasteiger partial charge on any atom is 0.129 e. The summed E-state index contributed by atoms with van der Waals surface area (Å²) in [6.45, 7) is 0.427. The highest BCUT2D eigenvalue weighted by Gasteiger charge is 2.02. The summed E-state index contributed by atoms with van der Waals surface area (Å²) in [5.74, 6) is 0.220. The van der Waals surface area contributed by atoms with E-state index in [9.17, 15) is 5.11 Å². The van der Waals surface area contributed by atoms with Crippen molar-refractivity contribution in [3.63, 3.8) is 0 Å². The van der Waals surface area contributed by atoms with Crippen LogP contribution >= 0.6 is 23.2 Å². The van der Waals surface area contributed by atoms with Gasteiger partial charge in [0, 0.05) is 23.8 Å². The van der Waals surface area contributed by atoms with Gasteiger partial charge >= 0.3 is 0 Å². The van der Waals surface area contributed by atoms with Gasteiger partial charge in [-0.25, -0.2) is 4.98 Å². The second-order valence-corrected chi connectivity index (χ2v) is 4.45. The predicted octanol–water partition coefficient (Wildman–Crippen LogP) is 2.90. The summed E-state index contributed by atoms with van der Waals surface area (Å²) in [5.41, 5.74) is 0.922. The number of rotatable bonds is 4. The van der Waals surface area contributed by atoms with Gasteiger partial charge < -0.3 is 10.4 Å². The fourth-order valence-electron chi connectivity index (χ4n) is 1.51. The molecule has 0 saturated carbocycles. The third kappa shape index (κ3) is 3.22. The summed E-state index contributed by atoms with van der Waals surface area (Å²) in [5, 5.41) is 15.0. The average molecular weight is 271 g/mol. The maximum atomic E-state index is 9.34. The molecule has 3 nitrogen and oxygen atoms in total. The Morgan fingerprint density at radius 1 is 1.29 bits per heavy atom. The molecule has 0 aliphatic rings. The first-order valence-electron chi connectivity index (χ1n) is 5.22. The van der Waals surface area contributed by atoms with E-state index in [0.717, 1.165) is 16.5 Å². The van der Waals surface area contributed by atoms with Crippen LogP contribution in [0.5, 0.6) is 0 Å². The molecule has 0 amide bonds. The highest BCUT2D eigenvalue weighted by atomic mass is 35.5. The number of aliphatic hydroxyl groups is 1. The lowest BCUT2D eigenvalue weighted by Crippen LogP contribution is -2.20. The van der Waals surface area contributed by atoms with Crippen LogP contribution in [0.25, 0.3) is 10.8 Å². The fraction of sp³-hybridized carbons (Fsp3) is 0.250. The number of aromatic nitrogens is 1. The first kappa shape index (κ1) is 12.4. The van der Waals surface area contributed by atoms with Crippen LogP contribution in [-0.4, -0.2) is 28.6 Å². The number of hydrogen-bond acceptors (Lipinski definition) is 3. The molecule has 17 heavy (non-hydrogen) atoms. The van der Waals surface area contributed by atoms with Crippen molar-refractivity contribution in [1.29, 1.82) is 0 Å². The van der Waals surface area contributed by atoms with Crippen molar-refractivity contribution >= 4 is 39.7 Å². The second kappa shape index (κ2) is 5.54. The molecule has 1 atom stereocenters. The average Bonchev–Trinajstić information content (AvgIpc) is 2.35. The molecular formula is C12H12Cl2N2O. The van der Waals surface area contributed by atoms with Crippen molar-refractivity contribution in [3.8, 4) is 0 Å². The van der Waals surface area contributed by atoms with Crippen LogP contribution in [0.3, 0.4) is 0 Å². The maximum absolute atomic E-state index is 9.34. The van der Waals surface area contributed by atoms with Gasteiger partial charge in [0.25, 0.3) is 0 Å². The number of benzene rings is 1. The molecule has 0 radical (unpaired) electrons. The Morgan fingerprint density at radius 2 is 2.12 bits per heavy atom. The normalized spacial score (nSPS) is 12.6. The van der Waals surface area contributed by atoms with Gasteiger partial charge in [0.15, 0.2) is 0 Å². The minimum absolute atomic E-state index is 0.220. The van der Waals surface area contributed by atoms with E-state index in [2.05, 4.69) is 10.3 Å². The minimum atomic E-state index is -0.546. The SMILES string of the molecule is OC(CCl)CNc1ccc2cc(Cl)ncc2c1. The first-order valence-corrected chi connectivity index (χ1v) is 6.13. The monoisotopic (exact) mass is 270 g/mol. The number of nitrogens with one attached hydrogen (secondary N) is 1. The standard InChI is InChI=1S/C12H12Cl2N2O/c13-5-11(17)7-15-10-2-1-8-4-12(14)16-6-9(8)3-10/h1-4,6,11,15,17H,5,7H2. The number of anilines is 1.